The molecule has 9 heteroatoms. The molecule has 1 fully saturated rings. The Morgan fingerprint density at radius 2 is 2.19 bits per heavy atom. The zero-order chi connectivity index (χ0) is 15.0. The molecule has 21 heavy (non-hydrogen) atoms. The molecule has 1 aliphatic heterocycles. The highest BCUT2D eigenvalue weighted by Gasteiger charge is 2.46. The molecule has 8 nitrogen and oxygen atoms in total. The van der Waals surface area contributed by atoms with Gasteiger partial charge in [-0.2, -0.15) is 4.98 Å². The maximum absolute atomic E-state index is 10.6. The molecule has 0 bridgehead atoms. The summed E-state index contributed by atoms with van der Waals surface area (Å²) in [4.78, 5) is 10.3. The molecule has 0 spiro atoms. The number of nitrogens with zero attached hydrogens (tertiary/aromatic N) is 6. The molecule has 0 saturated carbocycles. The monoisotopic (exact) mass is 310 g/mol. The van der Waals surface area contributed by atoms with Crippen LogP contribution >= 0.6 is 11.6 Å². The highest BCUT2D eigenvalue weighted by Crippen LogP contribution is 2.34. The topological polar surface area (TPSA) is 89.2 Å². The second kappa shape index (κ2) is 5.12. The molecule has 0 radical (unpaired) electrons. The number of anilines is 1. The van der Waals surface area contributed by atoms with Gasteiger partial charge in [0.2, 0.25) is 11.8 Å². The lowest BCUT2D eigenvalue weighted by molar-refractivity contribution is -0.00107. The van der Waals surface area contributed by atoms with E-state index < -0.39 is 5.60 Å². The Labute approximate surface area is 126 Å². The van der Waals surface area contributed by atoms with Crippen LogP contribution in [0.1, 0.15) is 12.6 Å². The van der Waals surface area contributed by atoms with E-state index in [2.05, 4.69) is 20.3 Å². The highest BCUT2D eigenvalue weighted by atomic mass is 35.5. The number of aliphatic hydroxyl groups is 1. The van der Waals surface area contributed by atoms with Gasteiger partial charge in [0, 0.05) is 7.05 Å². The Morgan fingerprint density at radius 3 is 2.81 bits per heavy atom. The van der Waals surface area contributed by atoms with E-state index >= 15 is 0 Å². The fraction of sp³-hybridized carbons (Fsp3) is 0.500. The van der Waals surface area contributed by atoms with Gasteiger partial charge >= 0.3 is 0 Å². The summed E-state index contributed by atoms with van der Waals surface area (Å²) in [7, 11) is 1.74. The number of β-amino-alcohol motifs (C(OH)–C–C–N with tert-alkyl or cyclic N) is 1. The largest absolute Gasteiger partial charge is 0.477 e. The van der Waals surface area contributed by atoms with Crippen LogP contribution in [-0.4, -0.2) is 49.8 Å². The first-order valence-electron chi connectivity index (χ1n) is 6.51. The molecule has 0 aromatic carbocycles. The van der Waals surface area contributed by atoms with Gasteiger partial charge in [0.05, 0.1) is 37.8 Å². The summed E-state index contributed by atoms with van der Waals surface area (Å²) >= 11 is 5.96. The number of ether oxygens (including phenoxy) is 1. The third-order valence-corrected chi connectivity index (χ3v) is 3.62. The summed E-state index contributed by atoms with van der Waals surface area (Å²) in [6.07, 6.45) is 3.06. The minimum atomic E-state index is -0.993. The molecule has 3 heterocycles. The van der Waals surface area contributed by atoms with Crippen LogP contribution in [0.5, 0.6) is 5.88 Å². The van der Waals surface area contributed by atoms with E-state index in [0.29, 0.717) is 42.2 Å². The van der Waals surface area contributed by atoms with Crippen LogP contribution < -0.4 is 9.64 Å². The smallest absolute Gasteiger partial charge is 0.237 e. The first kappa shape index (κ1) is 14.0. The van der Waals surface area contributed by atoms with Crippen molar-refractivity contribution in [3.8, 4) is 5.88 Å². The number of aromatic nitrogens is 5. The summed E-state index contributed by atoms with van der Waals surface area (Å²) in [5, 5.41) is 18.5. The van der Waals surface area contributed by atoms with Crippen molar-refractivity contribution < 1.29 is 9.84 Å². The molecule has 0 atom stereocenters. The van der Waals surface area contributed by atoms with Crippen LogP contribution in [0.25, 0.3) is 0 Å². The van der Waals surface area contributed by atoms with Crippen LogP contribution in [-0.2, 0) is 12.6 Å². The van der Waals surface area contributed by atoms with Gasteiger partial charge in [-0.25, -0.2) is 9.67 Å². The lowest BCUT2D eigenvalue weighted by Crippen LogP contribution is -2.60. The lowest BCUT2D eigenvalue weighted by atomic mass is 9.91. The molecule has 1 N–H and O–H groups in total. The van der Waals surface area contributed by atoms with Gasteiger partial charge in [0.15, 0.2) is 0 Å². The number of hydrogen-bond acceptors (Lipinski definition) is 7. The molecule has 0 aliphatic carbocycles. The molecule has 0 amide bonds. The van der Waals surface area contributed by atoms with Crippen LogP contribution in [0.3, 0.4) is 0 Å². The summed E-state index contributed by atoms with van der Waals surface area (Å²) in [5.41, 5.74) is -0.328. The van der Waals surface area contributed by atoms with E-state index in [1.54, 1.807) is 17.9 Å². The first-order valence-corrected chi connectivity index (χ1v) is 6.89. The molecular formula is C12H15ClN6O2. The Hall–Kier alpha value is -1.93. The average Bonchev–Trinajstić information content (AvgIpc) is 2.85. The Morgan fingerprint density at radius 1 is 1.43 bits per heavy atom. The molecule has 3 rings (SSSR count). The van der Waals surface area contributed by atoms with Crippen LogP contribution in [0.2, 0.25) is 5.02 Å². The van der Waals surface area contributed by atoms with E-state index in [0.717, 1.165) is 0 Å². The number of hydrogen-bond donors (Lipinski definition) is 1. The van der Waals surface area contributed by atoms with Crippen molar-refractivity contribution in [2.45, 2.75) is 12.5 Å². The fourth-order valence-corrected chi connectivity index (χ4v) is 2.48. The van der Waals surface area contributed by atoms with Crippen molar-refractivity contribution >= 4 is 17.5 Å². The maximum Gasteiger partial charge on any atom is 0.237 e. The Balaban J connectivity index is 1.77. The van der Waals surface area contributed by atoms with Crippen LogP contribution in [0.15, 0.2) is 12.4 Å². The van der Waals surface area contributed by atoms with Crippen molar-refractivity contribution in [2.75, 3.05) is 24.6 Å². The van der Waals surface area contributed by atoms with Crippen molar-refractivity contribution in [1.29, 1.82) is 0 Å². The number of rotatable bonds is 4. The summed E-state index contributed by atoms with van der Waals surface area (Å²) in [5.74, 6) is 0.824. The van der Waals surface area contributed by atoms with Crippen LogP contribution in [0, 0.1) is 0 Å². The molecule has 2 aromatic heterocycles. The normalized spacial score (nSPS) is 16.7. The van der Waals surface area contributed by atoms with Crippen molar-refractivity contribution in [1.82, 2.24) is 25.0 Å². The van der Waals surface area contributed by atoms with Gasteiger partial charge < -0.3 is 14.7 Å². The van der Waals surface area contributed by atoms with Crippen molar-refractivity contribution in [3.05, 3.63) is 23.1 Å². The standard InChI is InChI=1S/C12H15ClN6O2/c1-3-21-10-8(13)4-14-11(16-10)19-6-12(20,7-19)9-5-15-17-18(9)2/h4-5,20H,3,6-7H2,1-2H3. The van der Waals surface area contributed by atoms with Crippen LogP contribution in [0.4, 0.5) is 5.95 Å². The Kier molecular flexibility index (Phi) is 3.42. The second-order valence-corrected chi connectivity index (χ2v) is 5.29. The van der Waals surface area contributed by atoms with Gasteiger partial charge in [-0.3, -0.25) is 0 Å². The third-order valence-electron chi connectivity index (χ3n) is 3.36. The van der Waals surface area contributed by atoms with Crippen molar-refractivity contribution in [2.24, 2.45) is 7.05 Å². The molecule has 1 aliphatic rings. The summed E-state index contributed by atoms with van der Waals surface area (Å²) in [6.45, 7) is 3.06. The minimum absolute atomic E-state index is 0.349. The van der Waals surface area contributed by atoms with E-state index in [1.165, 1.54) is 6.20 Å². The fourth-order valence-electron chi connectivity index (χ4n) is 2.33. The predicted octanol–water partition coefficient (Wildman–Crippen LogP) is 0.365. The molecule has 112 valence electrons. The quantitative estimate of drug-likeness (QED) is 0.872. The maximum atomic E-state index is 10.6. The van der Waals surface area contributed by atoms with Gasteiger partial charge in [-0.1, -0.05) is 16.8 Å². The van der Waals surface area contributed by atoms with E-state index in [4.69, 9.17) is 16.3 Å². The second-order valence-electron chi connectivity index (χ2n) is 4.89. The Bertz CT molecular complexity index is 655. The lowest BCUT2D eigenvalue weighted by Gasteiger charge is -2.45. The molecule has 1 saturated heterocycles. The minimum Gasteiger partial charge on any atom is -0.477 e. The number of halogens is 1. The third kappa shape index (κ3) is 2.40. The summed E-state index contributed by atoms with van der Waals surface area (Å²) in [6, 6.07) is 0. The SMILES string of the molecule is CCOc1nc(N2CC(O)(c3cnnn3C)C2)ncc1Cl. The number of aryl methyl sites for hydroxylation is 1. The highest BCUT2D eigenvalue weighted by molar-refractivity contribution is 6.31. The van der Waals surface area contributed by atoms with Gasteiger partial charge in [0.1, 0.15) is 10.6 Å². The van der Waals surface area contributed by atoms with Gasteiger partial charge in [-0.05, 0) is 6.92 Å². The molecule has 2 aromatic rings. The first-order chi connectivity index (χ1) is 10.0. The molecular weight excluding hydrogens is 296 g/mol. The summed E-state index contributed by atoms with van der Waals surface area (Å²) < 4.78 is 6.90. The average molecular weight is 311 g/mol. The van der Waals surface area contributed by atoms with Gasteiger partial charge in [0.25, 0.3) is 0 Å². The van der Waals surface area contributed by atoms with E-state index in [-0.39, 0.29) is 0 Å². The van der Waals surface area contributed by atoms with Crippen molar-refractivity contribution in [3.63, 3.8) is 0 Å². The predicted molar refractivity (Wildman–Crippen MR) is 75.3 cm³/mol. The zero-order valence-electron chi connectivity index (χ0n) is 11.7. The van der Waals surface area contributed by atoms with E-state index in [1.807, 2.05) is 11.8 Å². The zero-order valence-corrected chi connectivity index (χ0v) is 12.4. The van der Waals surface area contributed by atoms with E-state index in [9.17, 15) is 5.11 Å². The molecule has 0 unspecified atom stereocenters. The van der Waals surface area contributed by atoms with Gasteiger partial charge in [-0.15, -0.1) is 5.10 Å².